The highest BCUT2D eigenvalue weighted by atomic mass is 35.5. The molecule has 1 fully saturated rings. The van der Waals surface area contributed by atoms with E-state index in [0.717, 1.165) is 65.8 Å². The third-order valence-corrected chi connectivity index (χ3v) is 9.37. The van der Waals surface area contributed by atoms with Crippen molar-refractivity contribution in [2.45, 2.75) is 44.8 Å². The van der Waals surface area contributed by atoms with Gasteiger partial charge in [0.05, 0.1) is 17.0 Å². The Bertz CT molecular complexity index is 1900. The van der Waals surface area contributed by atoms with Gasteiger partial charge in [-0.2, -0.15) is 0 Å². The Hall–Kier alpha value is -4.21. The van der Waals surface area contributed by atoms with Gasteiger partial charge in [-0.3, -0.25) is 14.4 Å². The molecule has 0 saturated carbocycles. The number of nitrogens with zero attached hydrogens (tertiary/aromatic N) is 5. The number of halogens is 3. The van der Waals surface area contributed by atoms with Gasteiger partial charge in [-0.1, -0.05) is 65.7 Å². The van der Waals surface area contributed by atoms with E-state index in [1.165, 1.54) is 24.3 Å². The monoisotopic (exact) mass is 683 g/mol. The molecule has 7 nitrogen and oxygen atoms in total. The fourth-order valence-corrected chi connectivity index (χ4v) is 6.53. The van der Waals surface area contributed by atoms with Crippen LogP contribution in [-0.2, 0) is 12.1 Å². The lowest BCUT2D eigenvalue weighted by atomic mass is 9.84. The van der Waals surface area contributed by atoms with Crippen LogP contribution in [0.5, 0.6) is 0 Å². The smallest absolute Gasteiger partial charge is 0.162 e. The van der Waals surface area contributed by atoms with Crippen LogP contribution in [0.1, 0.15) is 64.4 Å². The normalized spacial score (nSPS) is 15.3. The van der Waals surface area contributed by atoms with E-state index in [4.69, 9.17) is 28.2 Å². The van der Waals surface area contributed by atoms with Gasteiger partial charge in [0, 0.05) is 46.2 Å². The van der Waals surface area contributed by atoms with Gasteiger partial charge >= 0.3 is 0 Å². The summed E-state index contributed by atoms with van der Waals surface area (Å²) in [7, 11) is 0. The standard InChI is InChI=1S/C21H23ClFNO2.C17H13ClN4/c22-18-7-5-17(6-8-18)21(26)11-14-24(15-12-21)13-1-2-20(25)16-3-9-19(23)10-4-16;1-11-20-21-16-10-19-17(12-5-3-2-4-6-12)14-9-13(18)7-8-15(14)22(11)16/h3-10,26H,1-2,11-15H2;2-9H,10H2,1H3. The molecule has 0 unspecified atom stereocenters. The molecule has 0 amide bonds. The van der Waals surface area contributed by atoms with E-state index < -0.39 is 5.60 Å². The number of ketones is 1. The van der Waals surface area contributed by atoms with Crippen LogP contribution in [0.2, 0.25) is 10.0 Å². The number of fused-ring (bicyclic) bond motifs is 3. The molecule has 0 radical (unpaired) electrons. The molecule has 1 saturated heterocycles. The van der Waals surface area contributed by atoms with Gasteiger partial charge in [0.15, 0.2) is 11.6 Å². The van der Waals surface area contributed by atoms with Gasteiger partial charge < -0.3 is 10.0 Å². The van der Waals surface area contributed by atoms with Crippen molar-refractivity contribution in [2.24, 2.45) is 4.99 Å². The summed E-state index contributed by atoms with van der Waals surface area (Å²) in [6, 6.07) is 29.1. The van der Waals surface area contributed by atoms with Crippen LogP contribution >= 0.6 is 23.2 Å². The molecule has 0 atom stereocenters. The molecular formula is C38H36Cl2FN5O2. The topological polar surface area (TPSA) is 83.6 Å². The predicted octanol–water partition coefficient (Wildman–Crippen LogP) is 8.01. The molecule has 1 aromatic heterocycles. The molecule has 0 aliphatic carbocycles. The number of aryl methyl sites for hydroxylation is 1. The van der Waals surface area contributed by atoms with Crippen molar-refractivity contribution in [3.8, 4) is 5.69 Å². The highest BCUT2D eigenvalue weighted by Gasteiger charge is 2.33. The summed E-state index contributed by atoms with van der Waals surface area (Å²) < 4.78 is 15.0. The summed E-state index contributed by atoms with van der Waals surface area (Å²) in [5.41, 5.74) is 4.69. The lowest BCUT2D eigenvalue weighted by molar-refractivity contribution is -0.0260. The number of benzene rings is 4. The van der Waals surface area contributed by atoms with E-state index in [0.29, 0.717) is 41.4 Å². The maximum Gasteiger partial charge on any atom is 0.162 e. The van der Waals surface area contributed by atoms with Gasteiger partial charge in [0.25, 0.3) is 0 Å². The zero-order chi connectivity index (χ0) is 33.7. The summed E-state index contributed by atoms with van der Waals surface area (Å²) in [5, 5.41) is 20.6. The van der Waals surface area contributed by atoms with Crippen molar-refractivity contribution in [3.63, 3.8) is 0 Å². The fourth-order valence-electron chi connectivity index (χ4n) is 6.23. The average Bonchev–Trinajstić information content (AvgIpc) is 3.38. The number of likely N-dealkylation sites (tertiary alicyclic amines) is 1. The maximum absolute atomic E-state index is 12.9. The lowest BCUT2D eigenvalue weighted by Gasteiger charge is -2.38. The molecule has 10 heteroatoms. The summed E-state index contributed by atoms with van der Waals surface area (Å²) in [5.74, 6) is 1.40. The lowest BCUT2D eigenvalue weighted by Crippen LogP contribution is -2.42. The van der Waals surface area contributed by atoms with Crippen LogP contribution in [0.3, 0.4) is 0 Å². The first kappa shape index (κ1) is 33.7. The number of aromatic nitrogens is 3. The van der Waals surface area contributed by atoms with Crippen molar-refractivity contribution >= 4 is 34.7 Å². The highest BCUT2D eigenvalue weighted by molar-refractivity contribution is 6.31. The second-order valence-electron chi connectivity index (χ2n) is 12.1. The number of rotatable bonds is 7. The Balaban J connectivity index is 0.000000169. The number of carbonyl (C=O) groups excluding carboxylic acids is 1. The summed E-state index contributed by atoms with van der Waals surface area (Å²) >= 11 is 12.1. The molecule has 3 heterocycles. The van der Waals surface area contributed by atoms with Gasteiger partial charge in [-0.15, -0.1) is 10.2 Å². The van der Waals surface area contributed by atoms with Crippen LogP contribution < -0.4 is 0 Å². The number of carbonyl (C=O) groups is 1. The molecule has 2 aliphatic rings. The molecule has 7 rings (SSSR count). The molecule has 5 aromatic rings. The van der Waals surface area contributed by atoms with Crippen molar-refractivity contribution < 1.29 is 14.3 Å². The predicted molar refractivity (Wildman–Crippen MR) is 188 cm³/mol. The first-order valence-electron chi connectivity index (χ1n) is 16.0. The van der Waals surface area contributed by atoms with Gasteiger partial charge in [-0.05, 0) is 92.9 Å². The molecule has 246 valence electrons. The SMILES string of the molecule is Cc1nnc2n1-c1ccc(Cl)cc1C(c1ccccc1)=NC2.O=C(CCCN1CCC(O)(c2ccc(Cl)cc2)CC1)c1ccc(F)cc1. The number of Topliss-reactive ketones (excluding diaryl/α,β-unsaturated/α-hetero) is 1. The first-order valence-corrected chi connectivity index (χ1v) is 16.8. The minimum absolute atomic E-state index is 0.0414. The fraction of sp³-hybridized carbons (Fsp3) is 0.263. The van der Waals surface area contributed by atoms with Crippen LogP contribution in [0.4, 0.5) is 4.39 Å². The van der Waals surface area contributed by atoms with Crippen LogP contribution in [-0.4, -0.2) is 55.9 Å². The van der Waals surface area contributed by atoms with Gasteiger partial charge in [0.1, 0.15) is 18.2 Å². The average molecular weight is 685 g/mol. The number of piperidine rings is 1. The molecule has 4 aromatic carbocycles. The second-order valence-corrected chi connectivity index (χ2v) is 13.0. The van der Waals surface area contributed by atoms with Crippen LogP contribution in [0, 0.1) is 12.7 Å². The highest BCUT2D eigenvalue weighted by Crippen LogP contribution is 2.33. The van der Waals surface area contributed by atoms with Crippen molar-refractivity contribution in [1.29, 1.82) is 0 Å². The minimum atomic E-state index is -0.801. The Labute approximate surface area is 289 Å². The third kappa shape index (κ3) is 7.74. The number of hydrogen-bond donors (Lipinski definition) is 1. The van der Waals surface area contributed by atoms with E-state index in [2.05, 4.69) is 27.2 Å². The second kappa shape index (κ2) is 14.9. The molecule has 1 N–H and O–H groups in total. The summed E-state index contributed by atoms with van der Waals surface area (Å²) in [4.78, 5) is 19.2. The zero-order valence-corrected chi connectivity index (χ0v) is 28.1. The molecule has 2 aliphatic heterocycles. The molecule has 0 bridgehead atoms. The Morgan fingerprint density at radius 1 is 0.896 bits per heavy atom. The van der Waals surface area contributed by atoms with Gasteiger partial charge in [0.2, 0.25) is 0 Å². The summed E-state index contributed by atoms with van der Waals surface area (Å²) in [6.45, 7) is 4.86. The van der Waals surface area contributed by atoms with Crippen LogP contribution in [0.15, 0.2) is 102 Å². The van der Waals surface area contributed by atoms with E-state index in [1.54, 1.807) is 0 Å². The van der Waals surface area contributed by atoms with Gasteiger partial charge in [-0.25, -0.2) is 4.39 Å². The molecular weight excluding hydrogens is 648 g/mol. The minimum Gasteiger partial charge on any atom is -0.385 e. The number of aliphatic hydroxyl groups is 1. The molecule has 0 spiro atoms. The third-order valence-electron chi connectivity index (χ3n) is 8.88. The van der Waals surface area contributed by atoms with E-state index in [1.807, 2.05) is 72.2 Å². The van der Waals surface area contributed by atoms with Crippen LogP contribution in [0.25, 0.3) is 5.69 Å². The zero-order valence-electron chi connectivity index (χ0n) is 26.6. The van der Waals surface area contributed by atoms with E-state index >= 15 is 0 Å². The Morgan fingerprint density at radius 2 is 1.58 bits per heavy atom. The largest absolute Gasteiger partial charge is 0.385 e. The Morgan fingerprint density at radius 3 is 2.29 bits per heavy atom. The van der Waals surface area contributed by atoms with E-state index in [-0.39, 0.29) is 11.6 Å². The Kier molecular flexibility index (Phi) is 10.5. The quantitative estimate of drug-likeness (QED) is 0.176. The van der Waals surface area contributed by atoms with Crippen molar-refractivity contribution in [2.75, 3.05) is 19.6 Å². The van der Waals surface area contributed by atoms with E-state index in [9.17, 15) is 14.3 Å². The number of hydrogen-bond acceptors (Lipinski definition) is 6. The maximum atomic E-state index is 12.9. The summed E-state index contributed by atoms with van der Waals surface area (Å²) in [6.07, 6.45) is 2.54. The first-order chi connectivity index (χ1) is 23.2. The number of aliphatic imine (C=N–C) groups is 1. The van der Waals surface area contributed by atoms with Crippen molar-refractivity contribution in [3.05, 3.63) is 147 Å². The van der Waals surface area contributed by atoms with Crippen molar-refractivity contribution in [1.82, 2.24) is 19.7 Å². The molecule has 48 heavy (non-hydrogen) atoms.